The van der Waals surface area contributed by atoms with Crippen molar-refractivity contribution in [3.05, 3.63) is 57.1 Å². The number of nitro benzene ring substituents is 1. The van der Waals surface area contributed by atoms with E-state index in [0.717, 1.165) is 42.9 Å². The van der Waals surface area contributed by atoms with Gasteiger partial charge in [-0.25, -0.2) is 0 Å². The third kappa shape index (κ3) is 7.36. The molecule has 0 bridgehead atoms. The van der Waals surface area contributed by atoms with E-state index in [-0.39, 0.29) is 17.5 Å². The largest absolute Gasteiger partial charge is 0.502 e. The van der Waals surface area contributed by atoms with E-state index in [0.29, 0.717) is 6.54 Å². The molecule has 7 nitrogen and oxygen atoms in total. The molecule has 0 saturated heterocycles. The predicted octanol–water partition coefficient (Wildman–Crippen LogP) is 7.34. The molecule has 0 amide bonds. The van der Waals surface area contributed by atoms with Crippen LogP contribution in [0.4, 0.5) is 5.69 Å². The zero-order valence-corrected chi connectivity index (χ0v) is 22.1. The molecule has 3 rings (SSSR count). The Labute approximate surface area is 215 Å². The van der Waals surface area contributed by atoms with Gasteiger partial charge in [-0.15, -0.1) is 0 Å². The van der Waals surface area contributed by atoms with Crippen molar-refractivity contribution in [2.24, 2.45) is 0 Å². The number of nitrogens with zero attached hydrogens (tertiary/aromatic N) is 2. The lowest BCUT2D eigenvalue weighted by Gasteiger charge is -2.38. The number of hydrogen-bond acceptors (Lipinski definition) is 6. The topological polar surface area (TPSA) is 85.1 Å². The van der Waals surface area contributed by atoms with Crippen molar-refractivity contribution in [3.8, 4) is 17.2 Å². The molecule has 1 unspecified atom stereocenters. The normalized spacial score (nSPS) is 15.5. The summed E-state index contributed by atoms with van der Waals surface area (Å²) in [4.78, 5) is 13.2. The highest BCUT2D eigenvalue weighted by Gasteiger charge is 2.29. The number of hydrogen-bond donors (Lipinski definition) is 1. The monoisotopic (exact) mass is 498 g/mol. The van der Waals surface area contributed by atoms with Crippen LogP contribution < -0.4 is 9.47 Å². The molecule has 36 heavy (non-hydrogen) atoms. The van der Waals surface area contributed by atoms with Gasteiger partial charge in [0.15, 0.2) is 17.2 Å². The quantitative estimate of drug-likeness (QED) is 0.157. The molecule has 7 heteroatoms. The fraction of sp³-hybridized carbons (Fsp3) is 0.586. The van der Waals surface area contributed by atoms with E-state index >= 15 is 0 Å². The predicted molar refractivity (Wildman–Crippen MR) is 143 cm³/mol. The SMILES string of the molecule is CCCCCCCCCCCC1c2cc(OC)c(OC)cc2CCN1Cc1ccc(O)c([N+](=O)[O-])c1. The highest BCUT2D eigenvalue weighted by atomic mass is 16.6. The van der Waals surface area contributed by atoms with Crippen LogP contribution in [0.25, 0.3) is 0 Å². The van der Waals surface area contributed by atoms with Crippen molar-refractivity contribution in [1.82, 2.24) is 4.90 Å². The van der Waals surface area contributed by atoms with Crippen molar-refractivity contribution >= 4 is 5.69 Å². The van der Waals surface area contributed by atoms with Crippen LogP contribution in [0.2, 0.25) is 0 Å². The number of fused-ring (bicyclic) bond motifs is 1. The molecule has 0 aliphatic carbocycles. The number of phenolic OH excluding ortho intramolecular Hbond substituents is 1. The summed E-state index contributed by atoms with van der Waals surface area (Å²) in [7, 11) is 3.33. The van der Waals surface area contributed by atoms with Crippen LogP contribution in [-0.2, 0) is 13.0 Å². The first-order chi connectivity index (χ1) is 17.5. The third-order valence-corrected chi connectivity index (χ3v) is 7.32. The number of nitro groups is 1. The molecule has 0 aromatic heterocycles. The van der Waals surface area contributed by atoms with E-state index in [4.69, 9.17) is 9.47 Å². The Morgan fingerprint density at radius 2 is 1.61 bits per heavy atom. The van der Waals surface area contributed by atoms with Gasteiger partial charge in [0.2, 0.25) is 0 Å². The molecule has 1 aliphatic heterocycles. The van der Waals surface area contributed by atoms with Gasteiger partial charge in [-0.1, -0.05) is 70.8 Å². The summed E-state index contributed by atoms with van der Waals surface area (Å²) in [5.41, 5.74) is 3.13. The highest BCUT2D eigenvalue weighted by Crippen LogP contribution is 2.41. The Bertz CT molecular complexity index is 994. The van der Waals surface area contributed by atoms with E-state index in [1.165, 1.54) is 74.6 Å². The second-order valence-corrected chi connectivity index (χ2v) is 9.84. The third-order valence-electron chi connectivity index (χ3n) is 7.32. The zero-order valence-electron chi connectivity index (χ0n) is 22.1. The number of methoxy groups -OCH3 is 2. The van der Waals surface area contributed by atoms with Crippen molar-refractivity contribution in [2.45, 2.75) is 90.1 Å². The Kier molecular flexibility index (Phi) is 10.9. The van der Waals surface area contributed by atoms with Crippen LogP contribution in [0.15, 0.2) is 30.3 Å². The maximum atomic E-state index is 11.3. The smallest absolute Gasteiger partial charge is 0.311 e. The van der Waals surface area contributed by atoms with Gasteiger partial charge in [0.05, 0.1) is 19.1 Å². The molecule has 1 N–H and O–H groups in total. The molecule has 0 radical (unpaired) electrons. The van der Waals surface area contributed by atoms with Crippen LogP contribution in [0, 0.1) is 10.1 Å². The second-order valence-electron chi connectivity index (χ2n) is 9.84. The van der Waals surface area contributed by atoms with Crippen LogP contribution in [0.1, 0.15) is 93.9 Å². The summed E-state index contributed by atoms with van der Waals surface area (Å²) in [6.45, 7) is 3.71. The highest BCUT2D eigenvalue weighted by molar-refractivity contribution is 5.50. The lowest BCUT2D eigenvalue weighted by Crippen LogP contribution is -2.35. The van der Waals surface area contributed by atoms with Gasteiger partial charge < -0.3 is 14.6 Å². The van der Waals surface area contributed by atoms with Gasteiger partial charge in [-0.3, -0.25) is 15.0 Å². The van der Waals surface area contributed by atoms with Crippen molar-refractivity contribution in [2.75, 3.05) is 20.8 Å². The molecule has 0 spiro atoms. The molecule has 0 fully saturated rings. The van der Waals surface area contributed by atoms with E-state index in [9.17, 15) is 15.2 Å². The maximum Gasteiger partial charge on any atom is 0.311 e. The van der Waals surface area contributed by atoms with Crippen LogP contribution >= 0.6 is 0 Å². The number of unbranched alkanes of at least 4 members (excludes halogenated alkanes) is 8. The molecule has 2 aromatic rings. The van der Waals surface area contributed by atoms with E-state index in [1.54, 1.807) is 20.3 Å². The number of phenols is 1. The van der Waals surface area contributed by atoms with Crippen molar-refractivity contribution < 1.29 is 19.5 Å². The van der Waals surface area contributed by atoms with Gasteiger partial charge in [0.25, 0.3) is 0 Å². The average Bonchev–Trinajstić information content (AvgIpc) is 2.88. The van der Waals surface area contributed by atoms with Crippen molar-refractivity contribution in [3.63, 3.8) is 0 Å². The molecule has 2 aromatic carbocycles. The minimum Gasteiger partial charge on any atom is -0.502 e. The molecule has 1 atom stereocenters. The van der Waals surface area contributed by atoms with Crippen LogP contribution in [0.5, 0.6) is 17.2 Å². The first-order valence-electron chi connectivity index (χ1n) is 13.4. The summed E-state index contributed by atoms with van der Waals surface area (Å²) >= 11 is 0. The number of aromatic hydroxyl groups is 1. The Morgan fingerprint density at radius 1 is 0.972 bits per heavy atom. The van der Waals surface area contributed by atoms with E-state index in [2.05, 4.69) is 24.0 Å². The Hall–Kier alpha value is -2.80. The maximum absolute atomic E-state index is 11.3. The lowest BCUT2D eigenvalue weighted by atomic mass is 9.88. The van der Waals surface area contributed by atoms with Crippen molar-refractivity contribution in [1.29, 1.82) is 0 Å². The standard InChI is InChI=1S/C29H42N2O5/c1-4-5-6-7-8-9-10-11-12-13-25-24-20-29(36-3)28(35-2)19-23(24)16-17-30(25)21-22-14-15-27(32)26(18-22)31(33)34/h14-15,18-20,25,32H,4-13,16-17,21H2,1-3H3. The minimum atomic E-state index is -0.527. The number of benzene rings is 2. The molecule has 0 saturated carbocycles. The second kappa shape index (κ2) is 14.1. The Morgan fingerprint density at radius 3 is 2.25 bits per heavy atom. The number of rotatable bonds is 15. The Balaban J connectivity index is 1.72. The first kappa shape index (κ1) is 27.8. The van der Waals surface area contributed by atoms with E-state index < -0.39 is 4.92 Å². The first-order valence-corrected chi connectivity index (χ1v) is 13.4. The molecular weight excluding hydrogens is 456 g/mol. The summed E-state index contributed by atoms with van der Waals surface area (Å²) < 4.78 is 11.2. The minimum absolute atomic E-state index is 0.200. The van der Waals surface area contributed by atoms with Gasteiger partial charge >= 0.3 is 5.69 Å². The lowest BCUT2D eigenvalue weighted by molar-refractivity contribution is -0.385. The average molecular weight is 499 g/mol. The fourth-order valence-electron chi connectivity index (χ4n) is 5.30. The molecular formula is C29H42N2O5. The molecule has 198 valence electrons. The van der Waals surface area contributed by atoms with Gasteiger partial charge in [0, 0.05) is 25.2 Å². The van der Waals surface area contributed by atoms with Gasteiger partial charge in [-0.05, 0) is 47.7 Å². The fourth-order valence-corrected chi connectivity index (χ4v) is 5.30. The van der Waals surface area contributed by atoms with E-state index in [1.807, 2.05) is 0 Å². The van der Waals surface area contributed by atoms with Gasteiger partial charge in [-0.2, -0.15) is 0 Å². The van der Waals surface area contributed by atoms with Crippen LogP contribution in [-0.4, -0.2) is 35.7 Å². The van der Waals surface area contributed by atoms with Gasteiger partial charge in [0.1, 0.15) is 0 Å². The van der Waals surface area contributed by atoms with Crippen LogP contribution in [0.3, 0.4) is 0 Å². The summed E-state index contributed by atoms with van der Waals surface area (Å²) in [6.07, 6.45) is 13.5. The number of ether oxygens (including phenoxy) is 2. The summed E-state index contributed by atoms with van der Waals surface area (Å²) in [5, 5.41) is 21.2. The molecule has 1 heterocycles. The summed E-state index contributed by atoms with van der Waals surface area (Å²) in [5.74, 6) is 1.19. The zero-order chi connectivity index (χ0) is 25.9. The summed E-state index contributed by atoms with van der Waals surface area (Å²) in [6, 6.07) is 9.11. The molecule has 1 aliphatic rings.